The molecular weight excluding hydrogens is 435 g/mol. The van der Waals surface area contributed by atoms with Gasteiger partial charge in [0.25, 0.3) is 5.56 Å². The van der Waals surface area contributed by atoms with Crippen LogP contribution in [0.5, 0.6) is 0 Å². The number of aromatic amines is 1. The van der Waals surface area contributed by atoms with Crippen LogP contribution in [-0.2, 0) is 12.3 Å². The smallest absolute Gasteiger partial charge is 0.268 e. The lowest BCUT2D eigenvalue weighted by molar-refractivity contribution is 0.214. The Kier molecular flexibility index (Phi) is 5.84. The molecule has 1 aromatic carbocycles. The van der Waals surface area contributed by atoms with Gasteiger partial charge in [0.2, 0.25) is 0 Å². The van der Waals surface area contributed by atoms with Gasteiger partial charge >= 0.3 is 0 Å². The summed E-state index contributed by atoms with van der Waals surface area (Å²) in [7, 11) is 0. The second-order valence-electron chi connectivity index (χ2n) is 7.48. The highest BCUT2D eigenvalue weighted by Crippen LogP contribution is 2.26. The molecule has 0 bridgehead atoms. The van der Waals surface area contributed by atoms with Crippen molar-refractivity contribution in [2.75, 3.05) is 13.1 Å². The molecule has 1 aliphatic heterocycles. The van der Waals surface area contributed by atoms with Gasteiger partial charge in [0.05, 0.1) is 17.8 Å². The van der Waals surface area contributed by atoms with Crippen LogP contribution in [0.4, 0.5) is 4.39 Å². The molecule has 1 saturated heterocycles. The van der Waals surface area contributed by atoms with Crippen molar-refractivity contribution in [2.45, 2.75) is 36.7 Å². The first-order chi connectivity index (χ1) is 15.2. The van der Waals surface area contributed by atoms with Gasteiger partial charge < -0.3 is 4.98 Å². The van der Waals surface area contributed by atoms with Crippen LogP contribution in [0.3, 0.4) is 0 Å². The molecule has 10 heteroatoms. The summed E-state index contributed by atoms with van der Waals surface area (Å²) >= 11 is 2.83. The van der Waals surface area contributed by atoms with Crippen molar-refractivity contribution in [1.29, 1.82) is 0 Å². The minimum absolute atomic E-state index is 0.124. The topological polar surface area (TPSA) is 79.7 Å². The van der Waals surface area contributed by atoms with Crippen LogP contribution in [0.25, 0.3) is 15.9 Å². The zero-order valence-corrected chi connectivity index (χ0v) is 18.4. The van der Waals surface area contributed by atoms with Gasteiger partial charge in [-0.15, -0.1) is 21.5 Å². The average molecular weight is 457 g/mol. The van der Waals surface area contributed by atoms with Crippen molar-refractivity contribution in [1.82, 2.24) is 29.6 Å². The number of H-pyrrole nitrogens is 1. The molecule has 1 fully saturated rings. The van der Waals surface area contributed by atoms with Gasteiger partial charge in [-0.1, -0.05) is 18.2 Å². The summed E-state index contributed by atoms with van der Waals surface area (Å²) in [6.07, 6.45) is 3.65. The fourth-order valence-electron chi connectivity index (χ4n) is 3.79. The molecule has 5 rings (SSSR count). The van der Waals surface area contributed by atoms with Crippen LogP contribution in [0, 0.1) is 5.82 Å². The Morgan fingerprint density at radius 2 is 1.90 bits per heavy atom. The molecular formula is C21H21FN6OS2. The van der Waals surface area contributed by atoms with Crippen molar-refractivity contribution in [3.63, 3.8) is 0 Å². The van der Waals surface area contributed by atoms with Crippen LogP contribution < -0.4 is 5.56 Å². The van der Waals surface area contributed by atoms with Gasteiger partial charge in [0, 0.05) is 5.69 Å². The maximum absolute atomic E-state index is 13.5. The molecule has 160 valence electrons. The maximum atomic E-state index is 13.5. The number of aromatic nitrogens is 5. The second kappa shape index (κ2) is 8.89. The van der Waals surface area contributed by atoms with Crippen LogP contribution in [-0.4, -0.2) is 42.7 Å². The van der Waals surface area contributed by atoms with E-state index < -0.39 is 0 Å². The standard InChI is InChI=1S/C21H21FN6OS2/c22-14-4-6-15(7-5-14)28-18(12-27-9-2-1-3-10-27)25-26-21(28)31-13-17-23-16-8-11-30-19(16)20(29)24-17/h4-8,11H,1-3,9-10,12-13H2,(H,23,24,29). The number of rotatable bonds is 6. The van der Waals surface area contributed by atoms with E-state index in [1.807, 2.05) is 16.0 Å². The summed E-state index contributed by atoms with van der Waals surface area (Å²) in [5, 5.41) is 11.4. The molecule has 1 N–H and O–H groups in total. The maximum Gasteiger partial charge on any atom is 0.268 e. The van der Waals surface area contributed by atoms with Gasteiger partial charge in [-0.25, -0.2) is 9.37 Å². The third-order valence-electron chi connectivity index (χ3n) is 5.30. The first-order valence-electron chi connectivity index (χ1n) is 10.2. The molecule has 0 aliphatic carbocycles. The number of piperidine rings is 1. The number of thiophene rings is 1. The summed E-state index contributed by atoms with van der Waals surface area (Å²) in [5.41, 5.74) is 1.40. The summed E-state index contributed by atoms with van der Waals surface area (Å²) in [4.78, 5) is 22.0. The van der Waals surface area contributed by atoms with E-state index in [0.717, 1.165) is 24.6 Å². The third-order valence-corrected chi connectivity index (χ3v) is 7.14. The molecule has 4 aromatic rings. The zero-order valence-electron chi connectivity index (χ0n) is 16.8. The van der Waals surface area contributed by atoms with Crippen molar-refractivity contribution < 1.29 is 4.39 Å². The molecule has 0 saturated carbocycles. The predicted molar refractivity (Wildman–Crippen MR) is 120 cm³/mol. The summed E-state index contributed by atoms with van der Waals surface area (Å²) in [6.45, 7) is 2.79. The number of halogens is 1. The Morgan fingerprint density at radius 3 is 2.71 bits per heavy atom. The first kappa shape index (κ1) is 20.3. The Bertz CT molecular complexity index is 1240. The number of likely N-dealkylation sites (tertiary alicyclic amines) is 1. The van der Waals surface area contributed by atoms with Crippen LogP contribution >= 0.6 is 23.1 Å². The largest absolute Gasteiger partial charge is 0.309 e. The van der Waals surface area contributed by atoms with Crippen molar-refractivity contribution in [2.24, 2.45) is 0 Å². The van der Waals surface area contributed by atoms with E-state index >= 15 is 0 Å². The quantitative estimate of drug-likeness (QED) is 0.442. The lowest BCUT2D eigenvalue weighted by Gasteiger charge is -2.26. The monoisotopic (exact) mass is 456 g/mol. The number of benzene rings is 1. The van der Waals surface area contributed by atoms with E-state index in [1.165, 1.54) is 54.5 Å². The minimum atomic E-state index is -0.283. The third kappa shape index (κ3) is 4.41. The highest BCUT2D eigenvalue weighted by molar-refractivity contribution is 7.98. The predicted octanol–water partition coefficient (Wildman–Crippen LogP) is 3.98. The molecule has 1 aliphatic rings. The lowest BCUT2D eigenvalue weighted by Crippen LogP contribution is -2.30. The summed E-state index contributed by atoms with van der Waals surface area (Å²) in [5.74, 6) is 1.58. The van der Waals surface area contributed by atoms with E-state index in [1.54, 1.807) is 12.1 Å². The molecule has 0 atom stereocenters. The van der Waals surface area contributed by atoms with E-state index in [-0.39, 0.29) is 11.4 Å². The number of hydrogen-bond acceptors (Lipinski definition) is 7. The van der Waals surface area contributed by atoms with Crippen LogP contribution in [0.2, 0.25) is 0 Å². The SMILES string of the molecule is O=c1[nH]c(CSc2nnc(CN3CCCCC3)n2-c2ccc(F)cc2)nc2ccsc12. The van der Waals surface area contributed by atoms with E-state index in [4.69, 9.17) is 0 Å². The van der Waals surface area contributed by atoms with Gasteiger partial charge in [0.15, 0.2) is 11.0 Å². The molecule has 0 radical (unpaired) electrons. The van der Waals surface area contributed by atoms with Crippen LogP contribution in [0.15, 0.2) is 45.7 Å². The van der Waals surface area contributed by atoms with E-state index in [9.17, 15) is 9.18 Å². The minimum Gasteiger partial charge on any atom is -0.309 e. The number of hydrogen-bond donors (Lipinski definition) is 1. The summed E-state index contributed by atoms with van der Waals surface area (Å²) in [6, 6.07) is 8.21. The molecule has 31 heavy (non-hydrogen) atoms. The molecule has 7 nitrogen and oxygen atoms in total. The zero-order chi connectivity index (χ0) is 21.2. The molecule has 0 amide bonds. The average Bonchev–Trinajstić information content (AvgIpc) is 3.41. The second-order valence-corrected chi connectivity index (χ2v) is 9.34. The molecule has 0 unspecified atom stereocenters. The fraction of sp³-hybridized carbons (Fsp3) is 0.333. The molecule has 4 heterocycles. The number of nitrogens with zero attached hydrogens (tertiary/aromatic N) is 5. The van der Waals surface area contributed by atoms with E-state index in [2.05, 4.69) is 25.1 Å². The van der Waals surface area contributed by atoms with Crippen molar-refractivity contribution in [3.8, 4) is 5.69 Å². The van der Waals surface area contributed by atoms with Gasteiger partial charge in [-0.05, 0) is 61.6 Å². The lowest BCUT2D eigenvalue weighted by atomic mass is 10.1. The molecule has 0 spiro atoms. The first-order valence-corrected chi connectivity index (χ1v) is 12.1. The Labute approximate surface area is 186 Å². The van der Waals surface area contributed by atoms with E-state index in [0.29, 0.717) is 33.5 Å². The Hall–Kier alpha value is -2.56. The number of thioether (sulfide) groups is 1. The summed E-state index contributed by atoms with van der Waals surface area (Å²) < 4.78 is 16.1. The van der Waals surface area contributed by atoms with Crippen LogP contribution in [0.1, 0.15) is 30.9 Å². The Morgan fingerprint density at radius 1 is 1.10 bits per heavy atom. The number of fused-ring (bicyclic) bond motifs is 1. The normalized spacial score (nSPS) is 15.0. The fourth-order valence-corrected chi connectivity index (χ4v) is 5.35. The van der Waals surface area contributed by atoms with Crippen molar-refractivity contribution >= 4 is 33.3 Å². The van der Waals surface area contributed by atoms with Gasteiger partial charge in [-0.3, -0.25) is 14.3 Å². The van der Waals surface area contributed by atoms with Gasteiger partial charge in [0.1, 0.15) is 16.3 Å². The molecule has 3 aromatic heterocycles. The number of nitrogens with one attached hydrogen (secondary N) is 1. The van der Waals surface area contributed by atoms with Gasteiger partial charge in [-0.2, -0.15) is 0 Å². The highest BCUT2D eigenvalue weighted by Gasteiger charge is 2.19. The van der Waals surface area contributed by atoms with Crippen molar-refractivity contribution in [3.05, 3.63) is 63.5 Å². The Balaban J connectivity index is 1.43. The highest BCUT2D eigenvalue weighted by atomic mass is 32.2.